The second kappa shape index (κ2) is 20.6. The van der Waals surface area contributed by atoms with E-state index in [4.69, 9.17) is 9.72 Å². The van der Waals surface area contributed by atoms with Gasteiger partial charge in [0.15, 0.2) is 0 Å². The van der Waals surface area contributed by atoms with Crippen molar-refractivity contribution < 1.29 is 24.2 Å². The quantitative estimate of drug-likeness (QED) is 0.0837. The maximum Gasteiger partial charge on any atom is 0.407 e. The summed E-state index contributed by atoms with van der Waals surface area (Å²) in [6.45, 7) is 8.45. The molecule has 280 valence electrons. The number of alkyl carbamates (subject to hydrolysis) is 1. The van der Waals surface area contributed by atoms with Crippen LogP contribution < -0.4 is 16.0 Å². The third-order valence-corrected chi connectivity index (χ3v) is 10.8. The first-order valence-electron chi connectivity index (χ1n) is 17.9. The summed E-state index contributed by atoms with van der Waals surface area (Å²) < 4.78 is 9.47. The van der Waals surface area contributed by atoms with Crippen LogP contribution in [-0.4, -0.2) is 68.7 Å². The number of nitrogens with zero attached hydrogens (tertiary/aromatic N) is 3. The first kappa shape index (κ1) is 40.4. The molecule has 4 atom stereocenters. The highest BCUT2D eigenvalue weighted by molar-refractivity contribution is 7.09. The minimum absolute atomic E-state index is 0.0673. The van der Waals surface area contributed by atoms with Gasteiger partial charge in [-0.3, -0.25) is 4.79 Å². The third kappa shape index (κ3) is 12.7. The highest BCUT2D eigenvalue weighted by atomic mass is 32.1. The predicted molar refractivity (Wildman–Crippen MR) is 206 cm³/mol. The number of hydrogen-bond donors (Lipinski definition) is 4. The average Bonchev–Trinajstić information content (AvgIpc) is 3.83. The molecule has 0 radical (unpaired) electrons. The fraction of sp³-hybridized carbons (Fsp3) is 0.462. The van der Waals surface area contributed by atoms with Gasteiger partial charge in [-0.25, -0.2) is 18.9 Å². The minimum atomic E-state index is -1.05. The molecule has 13 heteroatoms. The molecule has 11 nitrogen and oxygen atoms in total. The van der Waals surface area contributed by atoms with E-state index in [1.165, 1.54) is 16.4 Å². The Labute approximate surface area is 315 Å². The summed E-state index contributed by atoms with van der Waals surface area (Å²) in [5.74, 6) is -0.172. The fourth-order valence-corrected chi connectivity index (χ4v) is 7.52. The van der Waals surface area contributed by atoms with Gasteiger partial charge >= 0.3 is 12.1 Å². The van der Waals surface area contributed by atoms with Gasteiger partial charge in [-0.05, 0) is 66.7 Å². The van der Waals surface area contributed by atoms with Crippen molar-refractivity contribution in [1.29, 1.82) is 0 Å². The molecule has 0 bridgehead atoms. The van der Waals surface area contributed by atoms with Crippen LogP contribution >= 0.6 is 22.9 Å². The fourth-order valence-electron chi connectivity index (χ4n) is 5.95. The Hall–Kier alpha value is -4.33. The van der Waals surface area contributed by atoms with Crippen LogP contribution in [0.2, 0.25) is 0 Å². The molecule has 4 amide bonds. The zero-order chi connectivity index (χ0) is 37.5. The minimum Gasteiger partial charge on any atom is -0.444 e. The number of hydrogen-bond acceptors (Lipinski definition) is 9. The van der Waals surface area contributed by atoms with Crippen LogP contribution in [0.25, 0.3) is 0 Å². The summed E-state index contributed by atoms with van der Waals surface area (Å²) in [5.41, 5.74) is 2.71. The zero-order valence-electron chi connectivity index (χ0n) is 30.7. The Morgan fingerprint density at radius 1 is 0.904 bits per heavy atom. The molecule has 4 rings (SSSR count). The summed E-state index contributed by atoms with van der Waals surface area (Å²) in [6.07, 6.45) is 2.87. The van der Waals surface area contributed by atoms with Crippen molar-refractivity contribution in [3.8, 4) is 0 Å². The number of amides is 4. The molecule has 0 saturated heterocycles. The number of thiazole rings is 1. The van der Waals surface area contributed by atoms with Crippen molar-refractivity contribution in [3.05, 3.63) is 105 Å². The molecule has 2 aromatic carbocycles. The van der Waals surface area contributed by atoms with Gasteiger partial charge in [0.2, 0.25) is 5.91 Å². The zero-order valence-corrected chi connectivity index (χ0v) is 32.3. The maximum absolute atomic E-state index is 13.9. The van der Waals surface area contributed by atoms with E-state index in [0.29, 0.717) is 25.3 Å². The molecular weight excluding hydrogens is 697 g/mol. The molecule has 52 heavy (non-hydrogen) atoms. The topological polar surface area (TPSA) is 146 Å². The highest BCUT2D eigenvalue weighted by Gasteiger charge is 2.31. The lowest BCUT2D eigenvalue weighted by atomic mass is 9.93. The molecule has 4 N–H and O–H groups in total. The summed E-state index contributed by atoms with van der Waals surface area (Å²) in [6, 6.07) is 18.6. The standard InChI is InChI=1S/C39H52N6O5S2/c1-6-29(7-2)37-42-31(25-51-37)23-45(5)38(48)44-35(26(3)4)36(47)41-30(20-27-14-10-8-11-15-27)22-34(46)33(21-28-16-12-9-13-17-28)43-39(49)50-24-32-18-19-40-52-32/h8-19,25-26,29-30,33-35,46H,6-7,20-24H2,1-5H3,(H,41,47)(H,43,49)(H,44,48)/t30-,33-,34-,35-/m0/s1. The molecule has 0 aliphatic heterocycles. The van der Waals surface area contributed by atoms with Crippen LogP contribution in [0.5, 0.6) is 0 Å². The lowest BCUT2D eigenvalue weighted by Crippen LogP contribution is -2.55. The van der Waals surface area contributed by atoms with Crippen LogP contribution in [0.1, 0.15) is 79.6 Å². The molecule has 2 aromatic heterocycles. The SMILES string of the molecule is CCC(CC)c1nc(CN(C)C(=O)N[C@H](C(=O)N[C@@H](Cc2ccccc2)C[C@H](O)[C@H](Cc2ccccc2)NC(=O)OCc2ccns2)C(C)C)cs1. The second-order valence-electron chi connectivity index (χ2n) is 13.4. The van der Waals surface area contributed by atoms with Crippen LogP contribution in [0, 0.1) is 5.92 Å². The maximum atomic E-state index is 13.9. The van der Waals surface area contributed by atoms with Crippen molar-refractivity contribution in [1.82, 2.24) is 30.2 Å². The highest BCUT2D eigenvalue weighted by Crippen LogP contribution is 2.26. The van der Waals surface area contributed by atoms with Crippen LogP contribution in [0.3, 0.4) is 0 Å². The van der Waals surface area contributed by atoms with Gasteiger partial charge in [-0.2, -0.15) is 0 Å². The van der Waals surface area contributed by atoms with E-state index >= 15 is 0 Å². The summed E-state index contributed by atoms with van der Waals surface area (Å²) in [7, 11) is 1.69. The van der Waals surface area contributed by atoms with Gasteiger partial charge in [0.25, 0.3) is 0 Å². The number of aliphatic hydroxyl groups is 1. The number of benzene rings is 2. The molecule has 0 saturated carbocycles. The third-order valence-electron chi connectivity index (χ3n) is 8.98. The smallest absolute Gasteiger partial charge is 0.407 e. The van der Waals surface area contributed by atoms with Crippen LogP contribution in [0.15, 0.2) is 78.3 Å². The van der Waals surface area contributed by atoms with Crippen molar-refractivity contribution in [3.63, 3.8) is 0 Å². The Bertz CT molecular complexity index is 1650. The predicted octanol–water partition coefficient (Wildman–Crippen LogP) is 6.69. The van der Waals surface area contributed by atoms with Gasteiger partial charge in [-0.1, -0.05) is 88.4 Å². The lowest BCUT2D eigenvalue weighted by Gasteiger charge is -2.30. The Morgan fingerprint density at radius 3 is 2.15 bits per heavy atom. The van der Waals surface area contributed by atoms with Gasteiger partial charge in [0, 0.05) is 30.6 Å². The van der Waals surface area contributed by atoms with Crippen molar-refractivity contribution >= 4 is 40.9 Å². The van der Waals surface area contributed by atoms with E-state index < -0.39 is 30.3 Å². The van der Waals surface area contributed by atoms with E-state index in [2.05, 4.69) is 34.2 Å². The molecule has 4 aromatic rings. The number of urea groups is 1. The van der Waals surface area contributed by atoms with Crippen molar-refractivity contribution in [2.45, 2.75) is 103 Å². The lowest BCUT2D eigenvalue weighted by molar-refractivity contribution is -0.124. The van der Waals surface area contributed by atoms with Crippen molar-refractivity contribution in [2.75, 3.05) is 7.05 Å². The van der Waals surface area contributed by atoms with Gasteiger partial charge in [0.1, 0.15) is 12.6 Å². The summed E-state index contributed by atoms with van der Waals surface area (Å²) in [4.78, 5) is 47.3. The molecule has 0 unspecified atom stereocenters. The van der Waals surface area contributed by atoms with Crippen LogP contribution in [0.4, 0.5) is 9.59 Å². The Morgan fingerprint density at radius 2 is 1.56 bits per heavy atom. The molecule has 2 heterocycles. The number of aliphatic hydroxyl groups excluding tert-OH is 1. The normalized spacial score (nSPS) is 13.6. The van der Waals surface area contributed by atoms with Gasteiger partial charge in [0.05, 0.1) is 34.3 Å². The number of ether oxygens (including phenoxy) is 1. The number of carbonyl (C=O) groups excluding carboxylic acids is 3. The summed E-state index contributed by atoms with van der Waals surface area (Å²) >= 11 is 2.86. The molecular formula is C39H52N6O5S2. The molecule has 0 aliphatic carbocycles. The number of nitrogens with one attached hydrogen (secondary N) is 3. The van der Waals surface area contributed by atoms with E-state index in [-0.39, 0.29) is 30.9 Å². The monoisotopic (exact) mass is 748 g/mol. The molecule has 0 aliphatic rings. The Kier molecular flexibility index (Phi) is 16.1. The first-order valence-corrected chi connectivity index (χ1v) is 19.6. The largest absolute Gasteiger partial charge is 0.444 e. The number of rotatable bonds is 19. The van der Waals surface area contributed by atoms with Crippen molar-refractivity contribution in [2.24, 2.45) is 5.92 Å². The summed E-state index contributed by atoms with van der Waals surface area (Å²) in [5, 5.41) is 23.7. The van der Waals surface area contributed by atoms with Gasteiger partial charge in [-0.15, -0.1) is 11.3 Å². The van der Waals surface area contributed by atoms with E-state index in [0.717, 1.165) is 39.5 Å². The molecule has 0 fully saturated rings. The average molecular weight is 749 g/mol. The first-order chi connectivity index (χ1) is 25.1. The van der Waals surface area contributed by atoms with Crippen LogP contribution in [-0.2, 0) is 35.5 Å². The number of aromatic nitrogens is 2. The Balaban J connectivity index is 1.46. The molecule has 0 spiro atoms. The second-order valence-corrected chi connectivity index (χ2v) is 15.2. The number of carbonyl (C=O) groups is 3. The van der Waals surface area contributed by atoms with E-state index in [1.807, 2.05) is 79.9 Å². The van der Waals surface area contributed by atoms with E-state index in [9.17, 15) is 19.5 Å². The van der Waals surface area contributed by atoms with E-state index in [1.54, 1.807) is 30.6 Å². The van der Waals surface area contributed by atoms with Gasteiger partial charge < -0.3 is 30.7 Å².